The van der Waals surface area contributed by atoms with Crippen LogP contribution in [0.3, 0.4) is 0 Å². The van der Waals surface area contributed by atoms with Gasteiger partial charge in [-0.15, -0.1) is 0 Å². The summed E-state index contributed by atoms with van der Waals surface area (Å²) < 4.78 is 174. The van der Waals surface area contributed by atoms with Crippen molar-refractivity contribution >= 4 is 76.3 Å². The molecule has 5 N–H and O–H groups in total. The maximum atomic E-state index is 15.2. The van der Waals surface area contributed by atoms with Crippen molar-refractivity contribution in [3.8, 4) is 23.0 Å². The van der Waals surface area contributed by atoms with Gasteiger partial charge in [0.2, 0.25) is 5.91 Å². The lowest BCUT2D eigenvalue weighted by atomic mass is 9.93. The van der Waals surface area contributed by atoms with Crippen molar-refractivity contribution < 1.29 is 76.8 Å². The molecule has 0 spiro atoms. The molecule has 0 saturated heterocycles. The smallest absolute Gasteiger partial charge is 0.431 e. The van der Waals surface area contributed by atoms with Gasteiger partial charge in [-0.3, -0.25) is 32.3 Å². The van der Waals surface area contributed by atoms with Crippen LogP contribution in [0.5, 0.6) is 0 Å². The maximum absolute atomic E-state index is 15.2. The normalized spacial score (nSPS) is 17.4. The van der Waals surface area contributed by atoms with Crippen molar-refractivity contribution in [3.63, 3.8) is 0 Å². The summed E-state index contributed by atoms with van der Waals surface area (Å²) in [7, 11) is -6.17. The van der Waals surface area contributed by atoms with E-state index in [1.807, 2.05) is 0 Å². The molecule has 2 aromatic carbocycles. The van der Waals surface area contributed by atoms with E-state index in [9.17, 15) is 63.3 Å². The highest BCUT2D eigenvalue weighted by Crippen LogP contribution is 2.45. The van der Waals surface area contributed by atoms with Gasteiger partial charge in [-0.1, -0.05) is 30.5 Å². The number of pyridine rings is 1. The highest BCUT2D eigenvalue weighted by atomic mass is 35.5. The number of esters is 1. The number of hydrogen-bond acceptors (Lipinski definition) is 11. The van der Waals surface area contributed by atoms with Crippen LogP contribution in [-0.2, 0) is 42.7 Å². The van der Waals surface area contributed by atoms with E-state index in [0.29, 0.717) is 10.7 Å². The molecule has 3 atom stereocenters. The van der Waals surface area contributed by atoms with Gasteiger partial charge in [0.05, 0.1) is 40.2 Å². The highest BCUT2D eigenvalue weighted by molar-refractivity contribution is 8.00. The molecular weight excluding hydrogens is 1050 g/mol. The number of nitrogens with two attached hydrogens (primary N) is 1. The van der Waals surface area contributed by atoms with Crippen LogP contribution in [0.15, 0.2) is 58.7 Å². The topological polar surface area (TPSA) is 202 Å². The molecule has 2 aromatic heterocycles. The Labute approximate surface area is 410 Å². The van der Waals surface area contributed by atoms with E-state index in [1.165, 1.54) is 50.6 Å². The van der Waals surface area contributed by atoms with Gasteiger partial charge in [-0.05, 0) is 79.9 Å². The molecule has 386 valence electrons. The van der Waals surface area contributed by atoms with Gasteiger partial charge in [0.25, 0.3) is 5.92 Å². The lowest BCUT2D eigenvalue weighted by molar-refractivity contribution is -0.143. The molecule has 1 amide bonds. The average molecular weight is 1090 g/mol. The summed E-state index contributed by atoms with van der Waals surface area (Å²) in [6.45, 7) is 0.358. The van der Waals surface area contributed by atoms with Gasteiger partial charge in [0, 0.05) is 52.5 Å². The third kappa shape index (κ3) is 14.5. The fourth-order valence-corrected chi connectivity index (χ4v) is 8.60. The second-order valence-corrected chi connectivity index (χ2v) is 21.4. The molecule has 14 nitrogen and oxygen atoms in total. The second kappa shape index (κ2) is 21.9. The lowest BCUT2D eigenvalue weighted by Crippen LogP contribution is -2.34. The molecule has 71 heavy (non-hydrogen) atoms. The van der Waals surface area contributed by atoms with Crippen molar-refractivity contribution in [1.29, 1.82) is 0 Å². The second-order valence-electron chi connectivity index (χ2n) is 16.5. The van der Waals surface area contributed by atoms with Crippen LogP contribution in [0.25, 0.3) is 22.0 Å². The number of nitrogens with one attached hydrogen (secondary N) is 1. The molecule has 0 radical (unpaired) electrons. The number of aromatic nitrogens is 3. The van der Waals surface area contributed by atoms with E-state index in [4.69, 9.17) is 22.1 Å². The third-order valence-electron chi connectivity index (χ3n) is 10.6. The van der Waals surface area contributed by atoms with Crippen molar-refractivity contribution in [2.45, 2.75) is 75.6 Å². The first-order chi connectivity index (χ1) is 32.7. The monoisotopic (exact) mass is 1090 g/mol. The Morgan fingerprint density at radius 1 is 1.11 bits per heavy atom. The summed E-state index contributed by atoms with van der Waals surface area (Å²) in [5, 5.41) is 6.27. The lowest BCUT2D eigenvalue weighted by Gasteiger charge is -2.23. The van der Waals surface area contributed by atoms with Crippen molar-refractivity contribution in [1.82, 2.24) is 20.1 Å². The Hall–Kier alpha value is -5.19. The van der Waals surface area contributed by atoms with Crippen LogP contribution in [0.1, 0.15) is 56.6 Å². The van der Waals surface area contributed by atoms with Crippen molar-refractivity contribution in [2.75, 3.05) is 36.3 Å². The molecule has 1 fully saturated rings. The SMILES string of the molecule is CSN(COC(=O)CCP(=O)(O)O)c1nn(CC(F)(F)F)c2c(-c3ccc(C#CC(C)(C)S(C)=O)nc3C(Cc3cc(F)cc(F)c3)NC(=O)CN=C3C(=C(N)C(F)(F)F)[C@@H](C)CC3(F)F)ccc(Cl)c12. The Kier molecular flexibility index (Phi) is 17.5. The maximum Gasteiger partial charge on any atom is 0.431 e. The number of anilines is 1. The van der Waals surface area contributed by atoms with E-state index in [2.05, 4.69) is 32.2 Å². The van der Waals surface area contributed by atoms with Crippen LogP contribution in [0.4, 0.5) is 49.7 Å². The van der Waals surface area contributed by atoms with Crippen LogP contribution < -0.4 is 15.4 Å². The van der Waals surface area contributed by atoms with E-state index in [1.54, 1.807) is 0 Å². The molecule has 1 aliphatic carbocycles. The number of amides is 1. The fraction of sp³-hybridized carbons (Fsp3) is 0.419. The van der Waals surface area contributed by atoms with Crippen LogP contribution in [0.2, 0.25) is 5.02 Å². The Balaban J connectivity index is 1.77. The zero-order valence-corrected chi connectivity index (χ0v) is 41.1. The minimum atomic E-state index is -5.25. The van der Waals surface area contributed by atoms with Gasteiger partial charge >= 0.3 is 25.9 Å². The first-order valence-corrected chi connectivity index (χ1v) is 25.5. The number of aliphatic imine (C=N–C) groups is 1. The van der Waals surface area contributed by atoms with E-state index < -0.39 is 139 Å². The number of allylic oxidation sites excluding steroid dienone is 2. The molecule has 2 heterocycles. The predicted molar refractivity (Wildman–Crippen MR) is 247 cm³/mol. The summed E-state index contributed by atoms with van der Waals surface area (Å²) in [6.07, 6.45) is -10.8. The highest BCUT2D eigenvalue weighted by Gasteiger charge is 2.52. The number of hydrogen-bond donors (Lipinski definition) is 4. The van der Waals surface area contributed by atoms with Gasteiger partial charge in [-0.25, -0.2) is 13.8 Å². The van der Waals surface area contributed by atoms with Crippen molar-refractivity contribution in [3.05, 3.63) is 87.3 Å². The van der Waals surface area contributed by atoms with Crippen LogP contribution >= 0.6 is 31.1 Å². The standard InChI is InChI=1S/C43H43ClF10N7O7PS2/c1-22-18-41(47,48)38(33(22)37(55)43(52,53)54)56-19-31(62)58-30(16-23-14-24(45)17-25(46)15-23)35-27(7-6-26(57-35)10-12-40(2,3)71(5)67)28-8-9-29(44)34-36(28)60(20-42(49,50)51)59-39(34)61(70-4)21-68-32(63)11-13-69(64,65)66/h6-9,14-15,17,22,30H,11,13,16,18-21,55H2,1-5H3,(H,58,62)(H2,64,65,66)/t22-,30?,71?/m0/s1. The predicted octanol–water partition coefficient (Wildman–Crippen LogP) is 8.54. The minimum absolute atomic E-state index is 0.118. The summed E-state index contributed by atoms with van der Waals surface area (Å²) in [4.78, 5) is 52.9. The summed E-state index contributed by atoms with van der Waals surface area (Å²) >= 11 is 7.49. The molecule has 2 unspecified atom stereocenters. The van der Waals surface area contributed by atoms with E-state index in [0.717, 1.165) is 35.3 Å². The number of nitrogens with zero attached hydrogens (tertiary/aromatic N) is 5. The number of benzene rings is 2. The van der Waals surface area contributed by atoms with Gasteiger partial charge < -0.3 is 25.6 Å². The largest absolute Gasteiger partial charge is 0.443 e. The Morgan fingerprint density at radius 3 is 2.32 bits per heavy atom. The number of carbonyl (C=O) groups is 2. The molecule has 0 bridgehead atoms. The summed E-state index contributed by atoms with van der Waals surface area (Å²) in [5.74, 6) is -4.71. The Morgan fingerprint density at radius 2 is 1.75 bits per heavy atom. The van der Waals surface area contributed by atoms with Gasteiger partial charge in [-0.2, -0.15) is 40.2 Å². The number of halogens is 11. The quantitative estimate of drug-likeness (QED) is 0.0208. The van der Waals surface area contributed by atoms with Gasteiger partial charge in [0.1, 0.15) is 46.6 Å². The summed E-state index contributed by atoms with van der Waals surface area (Å²) in [5.41, 5.74) is -0.226. The van der Waals surface area contributed by atoms with Crippen LogP contribution in [0, 0.1) is 29.4 Å². The third-order valence-corrected chi connectivity index (χ3v) is 14.0. The zero-order valence-electron chi connectivity index (χ0n) is 37.8. The fourth-order valence-electron chi connectivity index (χ4n) is 7.23. The van der Waals surface area contributed by atoms with Crippen molar-refractivity contribution in [2.24, 2.45) is 16.6 Å². The number of carbonyl (C=O) groups excluding carboxylic acids is 2. The number of rotatable bonds is 16. The molecular formula is C43H43ClF10N7O7PS2. The molecule has 0 aliphatic heterocycles. The number of alkyl halides is 8. The number of ether oxygens (including phenoxy) is 1. The zero-order chi connectivity index (χ0) is 53.2. The minimum Gasteiger partial charge on any atom is -0.443 e. The van der Waals surface area contributed by atoms with Crippen LogP contribution in [-0.4, -0.2) is 101 Å². The average Bonchev–Trinajstić information content (AvgIpc) is 3.71. The first kappa shape index (κ1) is 56.7. The van der Waals surface area contributed by atoms with E-state index in [-0.39, 0.29) is 49.8 Å². The Bertz CT molecular complexity index is 2900. The first-order valence-electron chi connectivity index (χ1n) is 20.6. The molecule has 1 saturated carbocycles. The molecule has 28 heteroatoms. The van der Waals surface area contributed by atoms with E-state index >= 15 is 8.78 Å². The molecule has 4 aromatic rings. The molecule has 5 rings (SSSR count). The summed E-state index contributed by atoms with van der Waals surface area (Å²) in [6, 6.07) is 5.70. The van der Waals surface area contributed by atoms with Gasteiger partial charge in [0.15, 0.2) is 12.5 Å². The molecule has 1 aliphatic rings. The number of fused-ring (bicyclic) bond motifs is 1.